The smallest absolute Gasteiger partial charge is 0.352 e. The topological polar surface area (TPSA) is 84.5 Å². The van der Waals surface area contributed by atoms with E-state index in [4.69, 9.17) is 0 Å². The van der Waals surface area contributed by atoms with Crippen LogP contribution in [0.25, 0.3) is 5.78 Å². The molecule has 1 aliphatic heterocycles. The minimum atomic E-state index is -0.365. The molecule has 1 fully saturated rings. The maximum Gasteiger partial charge on any atom is 0.352 e. The van der Waals surface area contributed by atoms with E-state index in [2.05, 4.69) is 27.2 Å². The fourth-order valence-electron chi connectivity index (χ4n) is 3.56. The lowest BCUT2D eigenvalue weighted by Crippen LogP contribution is -2.35. The molecule has 0 radical (unpaired) electrons. The van der Waals surface area contributed by atoms with Gasteiger partial charge in [0.05, 0.1) is 0 Å². The molecule has 1 amide bonds. The van der Waals surface area contributed by atoms with E-state index in [1.807, 2.05) is 36.4 Å². The maximum absolute atomic E-state index is 12.5. The molecule has 146 valence electrons. The summed E-state index contributed by atoms with van der Waals surface area (Å²) in [6, 6.07) is 11.5. The second kappa shape index (κ2) is 7.84. The minimum absolute atomic E-state index is 0.134. The number of nitrogens with zero attached hydrogens (tertiary/aromatic N) is 5. The molecular formula is C20H24N6O2. The van der Waals surface area contributed by atoms with Crippen molar-refractivity contribution < 1.29 is 4.79 Å². The lowest BCUT2D eigenvalue weighted by Gasteiger charge is -2.31. The van der Waals surface area contributed by atoms with Gasteiger partial charge in [-0.2, -0.15) is 4.98 Å². The molecular weight excluding hydrogens is 356 g/mol. The average Bonchev–Trinajstić information content (AvgIpc) is 3.02. The van der Waals surface area contributed by atoms with Crippen LogP contribution in [0.2, 0.25) is 0 Å². The summed E-state index contributed by atoms with van der Waals surface area (Å²) in [6.07, 6.45) is 4.05. The molecule has 0 saturated carbocycles. The van der Waals surface area contributed by atoms with E-state index in [9.17, 15) is 9.59 Å². The highest BCUT2D eigenvalue weighted by Gasteiger charge is 2.19. The molecule has 3 aromatic rings. The van der Waals surface area contributed by atoms with Crippen LogP contribution in [-0.4, -0.2) is 38.2 Å². The summed E-state index contributed by atoms with van der Waals surface area (Å²) in [4.78, 5) is 31.5. The molecule has 0 spiro atoms. The van der Waals surface area contributed by atoms with Crippen molar-refractivity contribution in [3.8, 4) is 0 Å². The van der Waals surface area contributed by atoms with Crippen molar-refractivity contribution in [1.29, 1.82) is 0 Å². The average molecular weight is 380 g/mol. The van der Waals surface area contributed by atoms with Gasteiger partial charge in [-0.15, -0.1) is 5.10 Å². The van der Waals surface area contributed by atoms with Crippen LogP contribution in [-0.2, 0) is 17.9 Å². The second-order valence-corrected chi connectivity index (χ2v) is 7.35. The van der Waals surface area contributed by atoms with Gasteiger partial charge in [-0.3, -0.25) is 4.79 Å². The van der Waals surface area contributed by atoms with Crippen molar-refractivity contribution in [2.45, 2.75) is 32.9 Å². The number of amides is 1. The first-order valence-electron chi connectivity index (χ1n) is 9.62. The largest absolute Gasteiger partial charge is 0.356 e. The molecule has 1 atom stereocenters. The predicted octanol–water partition coefficient (Wildman–Crippen LogP) is 1.44. The van der Waals surface area contributed by atoms with E-state index >= 15 is 0 Å². The molecule has 8 nitrogen and oxygen atoms in total. The van der Waals surface area contributed by atoms with E-state index in [0.29, 0.717) is 18.2 Å². The maximum atomic E-state index is 12.5. The summed E-state index contributed by atoms with van der Waals surface area (Å²) in [7, 11) is 0. The summed E-state index contributed by atoms with van der Waals surface area (Å²) in [6.45, 7) is 4.43. The summed E-state index contributed by atoms with van der Waals surface area (Å²) in [5.41, 5.74) is 0.635. The van der Waals surface area contributed by atoms with Gasteiger partial charge in [0.2, 0.25) is 5.91 Å². The number of aromatic nitrogens is 4. The molecule has 1 saturated heterocycles. The van der Waals surface area contributed by atoms with Crippen LogP contribution in [0.5, 0.6) is 0 Å². The zero-order chi connectivity index (χ0) is 19.5. The zero-order valence-electron chi connectivity index (χ0n) is 15.9. The zero-order valence-corrected chi connectivity index (χ0v) is 15.9. The lowest BCUT2D eigenvalue weighted by molar-refractivity contribution is -0.122. The Morgan fingerprint density at radius 2 is 2.07 bits per heavy atom. The highest BCUT2D eigenvalue weighted by atomic mass is 16.2. The number of anilines is 1. The Kier molecular flexibility index (Phi) is 5.10. The molecule has 1 aromatic carbocycles. The summed E-state index contributed by atoms with van der Waals surface area (Å²) >= 11 is 0. The van der Waals surface area contributed by atoms with Crippen molar-refractivity contribution in [2.24, 2.45) is 5.92 Å². The molecule has 2 aromatic heterocycles. The molecule has 0 bridgehead atoms. The number of rotatable bonds is 5. The van der Waals surface area contributed by atoms with Crippen molar-refractivity contribution in [3.63, 3.8) is 0 Å². The van der Waals surface area contributed by atoms with Gasteiger partial charge in [0.1, 0.15) is 12.4 Å². The van der Waals surface area contributed by atoms with E-state index in [-0.39, 0.29) is 18.1 Å². The van der Waals surface area contributed by atoms with Gasteiger partial charge in [0.15, 0.2) is 0 Å². The van der Waals surface area contributed by atoms with Crippen molar-refractivity contribution in [3.05, 3.63) is 58.6 Å². The molecule has 8 heteroatoms. The first-order valence-corrected chi connectivity index (χ1v) is 9.62. The minimum Gasteiger partial charge on any atom is -0.356 e. The summed E-state index contributed by atoms with van der Waals surface area (Å²) in [5.74, 6) is 1.50. The monoisotopic (exact) mass is 380 g/mol. The summed E-state index contributed by atoms with van der Waals surface area (Å²) < 4.78 is 2.53. The third-order valence-electron chi connectivity index (χ3n) is 5.05. The molecule has 4 rings (SSSR count). The van der Waals surface area contributed by atoms with Gasteiger partial charge in [0.25, 0.3) is 5.78 Å². The normalized spacial score (nSPS) is 17.0. The number of hydrogen-bond acceptors (Lipinski definition) is 5. The van der Waals surface area contributed by atoms with Gasteiger partial charge in [0, 0.05) is 25.8 Å². The highest BCUT2D eigenvalue weighted by Crippen LogP contribution is 2.21. The van der Waals surface area contributed by atoms with E-state index < -0.39 is 0 Å². The van der Waals surface area contributed by atoms with E-state index in [1.165, 1.54) is 10.8 Å². The van der Waals surface area contributed by atoms with Gasteiger partial charge in [-0.1, -0.05) is 37.3 Å². The van der Waals surface area contributed by atoms with Crippen molar-refractivity contribution in [2.75, 3.05) is 18.0 Å². The van der Waals surface area contributed by atoms with Crippen LogP contribution >= 0.6 is 0 Å². The van der Waals surface area contributed by atoms with Crippen LogP contribution in [0.3, 0.4) is 0 Å². The van der Waals surface area contributed by atoms with Crippen LogP contribution < -0.4 is 15.9 Å². The number of nitrogens with one attached hydrogen (secondary N) is 1. The van der Waals surface area contributed by atoms with E-state index in [0.717, 1.165) is 35.6 Å². The molecule has 1 N–H and O–H groups in total. The second-order valence-electron chi connectivity index (χ2n) is 7.35. The highest BCUT2D eigenvalue weighted by molar-refractivity contribution is 5.75. The number of carbonyl (C=O) groups is 1. The third kappa shape index (κ3) is 3.90. The van der Waals surface area contributed by atoms with Gasteiger partial charge in [-0.05, 0) is 30.4 Å². The Balaban J connectivity index is 1.47. The molecule has 0 unspecified atom stereocenters. The fraction of sp³-hybridized carbons (Fsp3) is 0.400. The van der Waals surface area contributed by atoms with Crippen LogP contribution in [0, 0.1) is 5.92 Å². The number of piperidine rings is 1. The molecule has 28 heavy (non-hydrogen) atoms. The van der Waals surface area contributed by atoms with E-state index in [1.54, 1.807) is 6.20 Å². The van der Waals surface area contributed by atoms with Gasteiger partial charge in [-0.25, -0.2) is 13.9 Å². The predicted molar refractivity (Wildman–Crippen MR) is 106 cm³/mol. The first kappa shape index (κ1) is 18.2. The number of hydrogen-bond donors (Lipinski definition) is 1. The Labute approximate surface area is 162 Å². The Morgan fingerprint density at radius 3 is 2.86 bits per heavy atom. The molecule has 0 aliphatic carbocycles. The fourth-order valence-corrected chi connectivity index (χ4v) is 3.56. The molecule has 3 heterocycles. The Hall–Kier alpha value is -3.16. The van der Waals surface area contributed by atoms with Crippen LogP contribution in [0.4, 0.5) is 5.82 Å². The summed E-state index contributed by atoms with van der Waals surface area (Å²) in [5, 5.41) is 7.06. The third-order valence-corrected chi connectivity index (χ3v) is 5.05. The number of benzene rings is 1. The van der Waals surface area contributed by atoms with Gasteiger partial charge >= 0.3 is 5.69 Å². The standard InChI is InChI=1S/C20H24N6O2/c1-15-6-5-10-24(13-15)17-9-11-25-19(22-17)23-26(20(25)28)14-18(27)21-12-16-7-3-2-4-8-16/h2-4,7-9,11,15H,5-6,10,12-14H2,1H3,(H,21,27)/t15-/m0/s1. The number of fused-ring (bicyclic) bond motifs is 1. The van der Waals surface area contributed by atoms with Crippen LogP contribution in [0.15, 0.2) is 47.4 Å². The lowest BCUT2D eigenvalue weighted by atomic mass is 10.0. The van der Waals surface area contributed by atoms with Crippen molar-refractivity contribution in [1.82, 2.24) is 24.5 Å². The SMILES string of the molecule is C[C@H]1CCCN(c2ccn3c(=O)n(CC(=O)NCc4ccccc4)nc3n2)C1. The van der Waals surface area contributed by atoms with Crippen LogP contribution in [0.1, 0.15) is 25.3 Å². The quantitative estimate of drug-likeness (QED) is 0.724. The Bertz CT molecular complexity index is 1030. The number of carbonyl (C=O) groups excluding carboxylic acids is 1. The first-order chi connectivity index (χ1) is 13.6. The van der Waals surface area contributed by atoms with Crippen molar-refractivity contribution >= 4 is 17.5 Å². The molecule has 1 aliphatic rings. The Morgan fingerprint density at radius 1 is 1.25 bits per heavy atom. The van der Waals surface area contributed by atoms with Gasteiger partial charge < -0.3 is 10.2 Å².